The highest BCUT2D eigenvalue weighted by Crippen LogP contribution is 2.20. The van der Waals surface area contributed by atoms with E-state index in [0.717, 1.165) is 36.8 Å². The summed E-state index contributed by atoms with van der Waals surface area (Å²) in [6.07, 6.45) is 3.26. The van der Waals surface area contributed by atoms with E-state index in [2.05, 4.69) is 36.4 Å². The van der Waals surface area contributed by atoms with E-state index >= 15 is 0 Å². The molecule has 0 atom stereocenters. The molecule has 0 heterocycles. The van der Waals surface area contributed by atoms with E-state index in [1.807, 2.05) is 48.5 Å². The van der Waals surface area contributed by atoms with Gasteiger partial charge in [0.25, 0.3) is 0 Å². The van der Waals surface area contributed by atoms with Crippen LogP contribution < -0.4 is 0 Å². The normalized spacial score (nSPS) is 10.1. The van der Waals surface area contributed by atoms with Gasteiger partial charge in [-0.1, -0.05) is 60.7 Å². The Morgan fingerprint density at radius 3 is 1.27 bits per heavy atom. The van der Waals surface area contributed by atoms with Gasteiger partial charge in [0.1, 0.15) is 0 Å². The molecule has 26 heavy (non-hydrogen) atoms. The maximum Gasteiger partial charge on any atom is 0.0994 e. The van der Waals surface area contributed by atoms with Crippen LogP contribution in [0.3, 0.4) is 0 Å². The van der Waals surface area contributed by atoms with Crippen LogP contribution in [0.1, 0.15) is 33.4 Å². The standard InChI is InChI=1S/C24H20N2/c25-17-23-16-22(14-12-20-9-5-2-6-10-20)24(18-26)15-21(23)13-11-19-7-3-1-4-8-19/h1-10,15-16H,11-14H2. The Balaban J connectivity index is 1.79. The summed E-state index contributed by atoms with van der Waals surface area (Å²) in [7, 11) is 0. The topological polar surface area (TPSA) is 47.6 Å². The molecule has 3 aromatic carbocycles. The highest BCUT2D eigenvalue weighted by Gasteiger charge is 2.10. The van der Waals surface area contributed by atoms with Gasteiger partial charge < -0.3 is 0 Å². The summed E-state index contributed by atoms with van der Waals surface area (Å²) in [6.45, 7) is 0. The van der Waals surface area contributed by atoms with Crippen LogP contribution in [0.2, 0.25) is 0 Å². The van der Waals surface area contributed by atoms with Gasteiger partial charge in [0.2, 0.25) is 0 Å². The molecule has 0 aliphatic rings. The number of nitrogens with zero attached hydrogens (tertiary/aromatic N) is 2. The molecule has 0 amide bonds. The van der Waals surface area contributed by atoms with Crippen LogP contribution in [0.25, 0.3) is 0 Å². The molecule has 0 aliphatic carbocycles. The summed E-state index contributed by atoms with van der Waals surface area (Å²) >= 11 is 0. The van der Waals surface area contributed by atoms with Crippen LogP contribution in [-0.2, 0) is 25.7 Å². The van der Waals surface area contributed by atoms with Gasteiger partial charge in [-0.2, -0.15) is 10.5 Å². The second-order valence-electron chi connectivity index (χ2n) is 6.36. The Bertz CT molecular complexity index is 864. The average molecular weight is 336 g/mol. The van der Waals surface area contributed by atoms with Gasteiger partial charge in [0, 0.05) is 0 Å². The molecule has 0 N–H and O–H groups in total. The molecule has 0 saturated heterocycles. The van der Waals surface area contributed by atoms with Crippen LogP contribution in [0, 0.1) is 22.7 Å². The lowest BCUT2D eigenvalue weighted by Gasteiger charge is -2.10. The molecule has 2 nitrogen and oxygen atoms in total. The molecule has 0 unspecified atom stereocenters. The second-order valence-corrected chi connectivity index (χ2v) is 6.36. The Hall–Kier alpha value is -3.36. The van der Waals surface area contributed by atoms with E-state index < -0.39 is 0 Å². The van der Waals surface area contributed by atoms with E-state index in [9.17, 15) is 10.5 Å². The average Bonchev–Trinajstić information content (AvgIpc) is 2.72. The van der Waals surface area contributed by atoms with Crippen LogP contribution in [0.5, 0.6) is 0 Å². The zero-order chi connectivity index (χ0) is 18.2. The zero-order valence-electron chi connectivity index (χ0n) is 14.7. The minimum absolute atomic E-state index is 0.683. The minimum atomic E-state index is 0.683. The Morgan fingerprint density at radius 1 is 0.538 bits per heavy atom. The molecular weight excluding hydrogens is 316 g/mol. The fraction of sp³-hybridized carbons (Fsp3) is 0.167. The lowest BCUT2D eigenvalue weighted by Crippen LogP contribution is -2.01. The SMILES string of the molecule is N#Cc1cc(CCc2ccccc2)c(C#N)cc1CCc1ccccc1. The van der Waals surface area contributed by atoms with Crippen LogP contribution in [-0.4, -0.2) is 0 Å². The van der Waals surface area contributed by atoms with Gasteiger partial charge in [0.15, 0.2) is 0 Å². The largest absolute Gasteiger partial charge is 0.192 e. The van der Waals surface area contributed by atoms with Crippen molar-refractivity contribution in [3.05, 3.63) is 106 Å². The van der Waals surface area contributed by atoms with Crippen molar-refractivity contribution in [2.75, 3.05) is 0 Å². The molecule has 0 radical (unpaired) electrons. The van der Waals surface area contributed by atoms with E-state index in [1.54, 1.807) is 0 Å². The molecule has 0 saturated carbocycles. The van der Waals surface area contributed by atoms with E-state index in [-0.39, 0.29) is 0 Å². The number of benzene rings is 3. The van der Waals surface area contributed by atoms with Gasteiger partial charge in [-0.3, -0.25) is 0 Å². The predicted octanol–water partition coefficient (Wildman–Crippen LogP) is 5.00. The summed E-state index contributed by atoms with van der Waals surface area (Å²) in [5.74, 6) is 0. The summed E-state index contributed by atoms with van der Waals surface area (Å²) in [5, 5.41) is 19.1. The molecule has 0 aromatic heterocycles. The third-order valence-corrected chi connectivity index (χ3v) is 4.62. The first-order valence-electron chi connectivity index (χ1n) is 8.84. The van der Waals surface area contributed by atoms with Gasteiger partial charge in [0.05, 0.1) is 23.3 Å². The van der Waals surface area contributed by atoms with E-state index in [1.165, 1.54) is 11.1 Å². The maximum atomic E-state index is 9.56. The first-order chi connectivity index (χ1) is 12.8. The van der Waals surface area contributed by atoms with Crippen molar-refractivity contribution in [2.24, 2.45) is 0 Å². The first kappa shape index (κ1) is 17.5. The third-order valence-electron chi connectivity index (χ3n) is 4.62. The van der Waals surface area contributed by atoms with Gasteiger partial charge in [-0.25, -0.2) is 0 Å². The van der Waals surface area contributed by atoms with Crippen molar-refractivity contribution in [1.82, 2.24) is 0 Å². The van der Waals surface area contributed by atoms with Crippen molar-refractivity contribution >= 4 is 0 Å². The smallest absolute Gasteiger partial charge is 0.0994 e. The Labute approximate surface area is 155 Å². The summed E-state index contributed by atoms with van der Waals surface area (Å²) in [4.78, 5) is 0. The monoisotopic (exact) mass is 336 g/mol. The second kappa shape index (κ2) is 8.65. The molecule has 3 aromatic rings. The van der Waals surface area contributed by atoms with Crippen molar-refractivity contribution in [3.63, 3.8) is 0 Å². The quantitative estimate of drug-likeness (QED) is 0.636. The maximum absolute atomic E-state index is 9.56. The highest BCUT2D eigenvalue weighted by molar-refractivity contribution is 5.50. The first-order valence-corrected chi connectivity index (χ1v) is 8.84. The number of aryl methyl sites for hydroxylation is 4. The predicted molar refractivity (Wildman–Crippen MR) is 104 cm³/mol. The molecular formula is C24H20N2. The van der Waals surface area contributed by atoms with Crippen LogP contribution in [0.15, 0.2) is 72.8 Å². The number of hydrogen-bond acceptors (Lipinski definition) is 2. The Kier molecular flexibility index (Phi) is 5.81. The fourth-order valence-corrected chi connectivity index (χ4v) is 3.16. The molecule has 0 fully saturated rings. The van der Waals surface area contributed by atoms with Crippen LogP contribution in [0.4, 0.5) is 0 Å². The van der Waals surface area contributed by atoms with Crippen molar-refractivity contribution < 1.29 is 0 Å². The molecule has 3 rings (SSSR count). The number of hydrogen-bond donors (Lipinski definition) is 0. The highest BCUT2D eigenvalue weighted by atomic mass is 14.3. The van der Waals surface area contributed by atoms with E-state index in [0.29, 0.717) is 11.1 Å². The number of rotatable bonds is 6. The van der Waals surface area contributed by atoms with E-state index in [4.69, 9.17) is 0 Å². The molecule has 0 aliphatic heterocycles. The van der Waals surface area contributed by atoms with Gasteiger partial charge in [-0.05, 0) is 60.1 Å². The van der Waals surface area contributed by atoms with Crippen molar-refractivity contribution in [1.29, 1.82) is 10.5 Å². The molecule has 0 spiro atoms. The molecule has 126 valence electrons. The lowest BCUT2D eigenvalue weighted by molar-refractivity contribution is 0.931. The minimum Gasteiger partial charge on any atom is -0.192 e. The molecule has 2 heteroatoms. The summed E-state index contributed by atoms with van der Waals surface area (Å²) in [5.41, 5.74) is 5.75. The fourth-order valence-electron chi connectivity index (χ4n) is 3.16. The van der Waals surface area contributed by atoms with Gasteiger partial charge in [-0.15, -0.1) is 0 Å². The van der Waals surface area contributed by atoms with Crippen LogP contribution >= 0.6 is 0 Å². The number of nitriles is 2. The molecule has 0 bridgehead atoms. The summed E-state index contributed by atoms with van der Waals surface area (Å²) < 4.78 is 0. The van der Waals surface area contributed by atoms with Crippen molar-refractivity contribution in [3.8, 4) is 12.1 Å². The summed E-state index contributed by atoms with van der Waals surface area (Å²) in [6, 6.07) is 28.9. The van der Waals surface area contributed by atoms with Gasteiger partial charge >= 0.3 is 0 Å². The van der Waals surface area contributed by atoms with Crippen molar-refractivity contribution in [2.45, 2.75) is 25.7 Å². The Morgan fingerprint density at radius 2 is 0.923 bits per heavy atom. The zero-order valence-corrected chi connectivity index (χ0v) is 14.7. The lowest BCUT2D eigenvalue weighted by atomic mass is 9.92. The third kappa shape index (κ3) is 4.38.